The number of hydrogen-bond acceptors (Lipinski definition) is 4. The third kappa shape index (κ3) is 5.98. The molecular weight excluding hydrogens is 318 g/mol. The summed E-state index contributed by atoms with van der Waals surface area (Å²) in [6, 6.07) is 0. The molecule has 2 rings (SSSR count). The Labute approximate surface area is 152 Å². The molecule has 0 bridgehead atoms. The van der Waals surface area contributed by atoms with Crippen LogP contribution < -0.4 is 5.32 Å². The highest BCUT2D eigenvalue weighted by molar-refractivity contribution is 5.70. The molecule has 2 aliphatic rings. The number of hydrogen-bond donors (Lipinski definition) is 0. The Morgan fingerprint density at radius 2 is 1.08 bits per heavy atom. The van der Waals surface area contributed by atoms with E-state index in [0.29, 0.717) is 12.8 Å². The first-order chi connectivity index (χ1) is 12.0. The fourth-order valence-electron chi connectivity index (χ4n) is 3.99. The SMILES string of the molecule is CCCC(=O)OC1([N]C2(OC(=O)CCC)CCCCC2)CCCCC1. The quantitative estimate of drug-likeness (QED) is 0.599. The van der Waals surface area contributed by atoms with Crippen LogP contribution in [0, 0.1) is 0 Å². The molecule has 25 heavy (non-hydrogen) atoms. The molecule has 0 N–H and O–H groups in total. The summed E-state index contributed by atoms with van der Waals surface area (Å²) in [4.78, 5) is 24.4. The summed E-state index contributed by atoms with van der Waals surface area (Å²) in [6.07, 6.45) is 11.6. The lowest BCUT2D eigenvalue weighted by atomic mass is 9.86. The molecule has 0 atom stereocenters. The molecule has 2 fully saturated rings. The summed E-state index contributed by atoms with van der Waals surface area (Å²) < 4.78 is 11.8. The summed E-state index contributed by atoms with van der Waals surface area (Å²) in [7, 11) is 0. The van der Waals surface area contributed by atoms with Crippen LogP contribution in [-0.2, 0) is 19.1 Å². The van der Waals surface area contributed by atoms with E-state index in [9.17, 15) is 9.59 Å². The first-order valence-corrected chi connectivity index (χ1v) is 10.2. The number of ether oxygens (including phenoxy) is 2. The van der Waals surface area contributed by atoms with Crippen molar-refractivity contribution in [1.82, 2.24) is 5.32 Å². The van der Waals surface area contributed by atoms with Gasteiger partial charge >= 0.3 is 11.9 Å². The molecule has 0 aromatic rings. The monoisotopic (exact) mass is 352 g/mol. The van der Waals surface area contributed by atoms with Gasteiger partial charge in [0.1, 0.15) is 0 Å². The predicted molar refractivity (Wildman–Crippen MR) is 95.8 cm³/mol. The fourth-order valence-corrected chi connectivity index (χ4v) is 3.99. The molecule has 0 amide bonds. The van der Waals surface area contributed by atoms with Crippen molar-refractivity contribution in [2.75, 3.05) is 0 Å². The summed E-state index contributed by atoms with van der Waals surface area (Å²) in [6.45, 7) is 3.95. The van der Waals surface area contributed by atoms with E-state index in [2.05, 4.69) is 0 Å². The Morgan fingerprint density at radius 3 is 1.40 bits per heavy atom. The zero-order valence-corrected chi connectivity index (χ0v) is 16.0. The van der Waals surface area contributed by atoms with E-state index in [1.807, 2.05) is 13.8 Å². The molecule has 0 saturated heterocycles. The van der Waals surface area contributed by atoms with Crippen molar-refractivity contribution >= 4 is 11.9 Å². The van der Waals surface area contributed by atoms with Crippen LogP contribution in [0.5, 0.6) is 0 Å². The van der Waals surface area contributed by atoms with E-state index in [1.165, 1.54) is 0 Å². The molecule has 0 heterocycles. The van der Waals surface area contributed by atoms with Gasteiger partial charge in [-0.25, -0.2) is 0 Å². The summed E-state index contributed by atoms with van der Waals surface area (Å²) in [5.74, 6) is -0.363. The van der Waals surface area contributed by atoms with Crippen molar-refractivity contribution < 1.29 is 19.1 Å². The highest BCUT2D eigenvalue weighted by Gasteiger charge is 2.48. The van der Waals surface area contributed by atoms with Gasteiger partial charge in [-0.05, 0) is 38.5 Å². The Balaban J connectivity index is 2.15. The third-order valence-electron chi connectivity index (χ3n) is 5.19. The smallest absolute Gasteiger partial charge is 0.307 e. The Bertz CT molecular complexity index is 397. The largest absolute Gasteiger partial charge is 0.442 e. The lowest BCUT2D eigenvalue weighted by Gasteiger charge is -2.45. The number of rotatable bonds is 8. The van der Waals surface area contributed by atoms with Gasteiger partial charge in [0.05, 0.1) is 0 Å². The molecule has 0 unspecified atom stereocenters. The molecule has 2 saturated carbocycles. The second-order valence-electron chi connectivity index (χ2n) is 7.57. The lowest BCUT2D eigenvalue weighted by molar-refractivity contribution is -0.201. The van der Waals surface area contributed by atoms with E-state index < -0.39 is 11.4 Å². The molecule has 0 aromatic carbocycles. The molecule has 0 aromatic heterocycles. The van der Waals surface area contributed by atoms with Gasteiger partial charge in [0.15, 0.2) is 11.4 Å². The molecule has 0 spiro atoms. The molecule has 1 radical (unpaired) electrons. The van der Waals surface area contributed by atoms with Gasteiger partial charge in [-0.15, -0.1) is 0 Å². The van der Waals surface area contributed by atoms with Crippen LogP contribution in [0.15, 0.2) is 0 Å². The molecule has 143 valence electrons. The topological polar surface area (TPSA) is 66.7 Å². The Morgan fingerprint density at radius 1 is 0.720 bits per heavy atom. The normalized spacial score (nSPS) is 22.2. The van der Waals surface area contributed by atoms with E-state index >= 15 is 0 Å². The van der Waals surface area contributed by atoms with Crippen molar-refractivity contribution in [3.8, 4) is 0 Å². The van der Waals surface area contributed by atoms with Gasteiger partial charge < -0.3 is 9.47 Å². The van der Waals surface area contributed by atoms with Gasteiger partial charge in [0.2, 0.25) is 0 Å². The van der Waals surface area contributed by atoms with Crippen molar-refractivity contribution in [3.63, 3.8) is 0 Å². The van der Waals surface area contributed by atoms with Crippen LogP contribution in [0.3, 0.4) is 0 Å². The van der Waals surface area contributed by atoms with Crippen LogP contribution >= 0.6 is 0 Å². The molecule has 5 nitrogen and oxygen atoms in total. The van der Waals surface area contributed by atoms with Crippen molar-refractivity contribution in [2.24, 2.45) is 0 Å². The summed E-state index contributed by atoms with van der Waals surface area (Å²) in [5, 5.41) is 5.02. The highest BCUT2D eigenvalue weighted by atomic mass is 16.6. The van der Waals surface area contributed by atoms with Gasteiger partial charge in [-0.1, -0.05) is 26.7 Å². The zero-order chi connectivity index (χ0) is 18.2. The van der Waals surface area contributed by atoms with Crippen LogP contribution in [0.25, 0.3) is 0 Å². The fraction of sp³-hybridized carbons (Fsp3) is 0.900. The van der Waals surface area contributed by atoms with E-state index in [4.69, 9.17) is 14.8 Å². The summed E-state index contributed by atoms with van der Waals surface area (Å²) >= 11 is 0. The molecule has 2 aliphatic carbocycles. The van der Waals surface area contributed by atoms with Gasteiger partial charge in [-0.3, -0.25) is 9.59 Å². The van der Waals surface area contributed by atoms with E-state index in [1.54, 1.807) is 0 Å². The lowest BCUT2D eigenvalue weighted by Crippen LogP contribution is -2.58. The average Bonchev–Trinajstić information content (AvgIpc) is 2.56. The van der Waals surface area contributed by atoms with Crippen LogP contribution in [0.4, 0.5) is 0 Å². The number of carbonyl (C=O) groups is 2. The molecule has 5 heteroatoms. The van der Waals surface area contributed by atoms with Crippen LogP contribution in [-0.4, -0.2) is 23.4 Å². The second kappa shape index (κ2) is 9.56. The second-order valence-corrected chi connectivity index (χ2v) is 7.57. The maximum absolute atomic E-state index is 12.2. The van der Waals surface area contributed by atoms with Gasteiger partial charge in [0.25, 0.3) is 0 Å². The first kappa shape index (κ1) is 20.2. The number of carbonyl (C=O) groups excluding carboxylic acids is 2. The maximum Gasteiger partial charge on any atom is 0.307 e. The number of nitrogens with zero attached hydrogens (tertiary/aromatic N) is 1. The van der Waals surface area contributed by atoms with Crippen molar-refractivity contribution in [3.05, 3.63) is 0 Å². The van der Waals surface area contributed by atoms with Crippen molar-refractivity contribution in [1.29, 1.82) is 0 Å². The minimum atomic E-state index is -0.797. The number of esters is 2. The molecule has 0 aliphatic heterocycles. The predicted octanol–water partition coefficient (Wildman–Crippen LogP) is 4.60. The zero-order valence-electron chi connectivity index (χ0n) is 16.0. The highest BCUT2D eigenvalue weighted by Crippen LogP contribution is 2.39. The van der Waals surface area contributed by atoms with Gasteiger partial charge in [0, 0.05) is 38.5 Å². The van der Waals surface area contributed by atoms with E-state index in [-0.39, 0.29) is 11.9 Å². The van der Waals surface area contributed by atoms with Crippen LogP contribution in [0.2, 0.25) is 0 Å². The first-order valence-electron chi connectivity index (χ1n) is 10.2. The van der Waals surface area contributed by atoms with Crippen LogP contribution in [0.1, 0.15) is 104 Å². The van der Waals surface area contributed by atoms with Gasteiger partial charge in [-0.2, -0.15) is 5.32 Å². The third-order valence-corrected chi connectivity index (χ3v) is 5.19. The average molecular weight is 352 g/mol. The minimum Gasteiger partial charge on any atom is -0.442 e. The standard InChI is InChI=1S/C20H34NO4/c1-3-11-17(22)24-19(13-7-5-8-14-19)21-20(15-9-6-10-16-20)25-18(23)12-4-2/h3-16H2,1-2H3. The maximum atomic E-state index is 12.2. The summed E-state index contributed by atoms with van der Waals surface area (Å²) in [5.41, 5.74) is -1.59. The molecular formula is C20H34NO4. The van der Waals surface area contributed by atoms with E-state index in [0.717, 1.165) is 77.0 Å². The Hall–Kier alpha value is -1.10. The Kier molecular flexibility index (Phi) is 7.73. The van der Waals surface area contributed by atoms with Crippen molar-refractivity contribution in [2.45, 2.75) is 115 Å². The minimum absolute atomic E-state index is 0.181.